The quantitative estimate of drug-likeness (QED) is 0.634. The molecule has 0 N–H and O–H groups in total. The zero-order valence-corrected chi connectivity index (χ0v) is 8.19. The molecule has 0 spiro atoms. The Balaban J connectivity index is 1.97. The van der Waals surface area contributed by atoms with Gasteiger partial charge in [-0.25, -0.2) is 0 Å². The van der Waals surface area contributed by atoms with Crippen molar-refractivity contribution in [2.45, 2.75) is 43.1 Å². The maximum atomic E-state index is 5.50. The van der Waals surface area contributed by atoms with Gasteiger partial charge in [0.15, 0.2) is 6.29 Å². The average molecular weight is 188 g/mol. The minimum atomic E-state index is -0.0406. The van der Waals surface area contributed by atoms with Crippen LogP contribution in [0.15, 0.2) is 0 Å². The minimum absolute atomic E-state index is 0.00868. The highest BCUT2D eigenvalue weighted by atomic mass is 32.1. The molecule has 0 bridgehead atoms. The lowest BCUT2D eigenvalue weighted by Gasteiger charge is -2.36. The molecule has 2 aliphatic rings. The third kappa shape index (κ3) is 1.63. The normalized spacial score (nSPS) is 30.8. The fourth-order valence-electron chi connectivity index (χ4n) is 2.07. The van der Waals surface area contributed by atoms with E-state index in [0.717, 1.165) is 26.1 Å². The Morgan fingerprint density at radius 1 is 1.00 bits per heavy atom. The zero-order chi connectivity index (χ0) is 8.44. The fourth-order valence-corrected chi connectivity index (χ4v) is 2.53. The highest BCUT2D eigenvalue weighted by molar-refractivity contribution is 7.81. The molecule has 12 heavy (non-hydrogen) atoms. The lowest BCUT2D eigenvalue weighted by molar-refractivity contribution is -0.0769. The van der Waals surface area contributed by atoms with E-state index in [1.54, 1.807) is 0 Å². The van der Waals surface area contributed by atoms with Gasteiger partial charge in [-0.2, -0.15) is 12.6 Å². The minimum Gasteiger partial charge on any atom is -0.349 e. The monoisotopic (exact) mass is 188 g/mol. The highest BCUT2D eigenvalue weighted by Gasteiger charge is 2.40. The largest absolute Gasteiger partial charge is 0.349 e. The van der Waals surface area contributed by atoms with Gasteiger partial charge in [-0.3, -0.25) is 0 Å². The fraction of sp³-hybridized carbons (Fsp3) is 1.00. The average Bonchev–Trinajstić information content (AvgIpc) is 2.58. The summed E-state index contributed by atoms with van der Waals surface area (Å²) in [5, 5.41) is 0. The van der Waals surface area contributed by atoms with Crippen molar-refractivity contribution in [3.05, 3.63) is 0 Å². The van der Waals surface area contributed by atoms with E-state index in [2.05, 4.69) is 0 Å². The third-order valence-electron chi connectivity index (χ3n) is 2.78. The first kappa shape index (κ1) is 8.85. The lowest BCUT2D eigenvalue weighted by Crippen LogP contribution is -2.39. The molecular formula is C9H16O2S. The van der Waals surface area contributed by atoms with Crippen LogP contribution in [0.3, 0.4) is 0 Å². The summed E-state index contributed by atoms with van der Waals surface area (Å²) in [5.41, 5.74) is 0. The smallest absolute Gasteiger partial charge is 0.172 e. The number of hydrogen-bond donors (Lipinski definition) is 1. The van der Waals surface area contributed by atoms with Gasteiger partial charge in [0.2, 0.25) is 0 Å². The van der Waals surface area contributed by atoms with Gasteiger partial charge in [0.1, 0.15) is 0 Å². The molecule has 2 nitrogen and oxygen atoms in total. The van der Waals surface area contributed by atoms with Crippen LogP contribution in [-0.2, 0) is 9.47 Å². The van der Waals surface area contributed by atoms with Crippen molar-refractivity contribution in [1.82, 2.24) is 0 Å². The Morgan fingerprint density at radius 3 is 2.17 bits per heavy atom. The first-order valence-corrected chi connectivity index (χ1v) is 5.22. The molecule has 0 radical (unpaired) electrons. The molecule has 1 saturated heterocycles. The van der Waals surface area contributed by atoms with Crippen LogP contribution in [0.1, 0.15) is 32.1 Å². The number of rotatable bonds is 1. The maximum Gasteiger partial charge on any atom is 0.172 e. The summed E-state index contributed by atoms with van der Waals surface area (Å²) in [5.74, 6) is 0. The van der Waals surface area contributed by atoms with Crippen molar-refractivity contribution in [1.29, 1.82) is 0 Å². The topological polar surface area (TPSA) is 18.5 Å². The van der Waals surface area contributed by atoms with E-state index in [9.17, 15) is 0 Å². The van der Waals surface area contributed by atoms with E-state index in [1.807, 2.05) is 0 Å². The first-order chi connectivity index (χ1) is 5.81. The molecule has 0 amide bonds. The van der Waals surface area contributed by atoms with Crippen LogP contribution >= 0.6 is 12.6 Å². The molecule has 1 aliphatic heterocycles. The molecule has 0 unspecified atom stereocenters. The Bertz CT molecular complexity index is 149. The number of thiol groups is 1. The maximum absolute atomic E-state index is 5.50. The molecule has 0 aromatic heterocycles. The molecule has 2 fully saturated rings. The second-order valence-electron chi connectivity index (χ2n) is 3.74. The van der Waals surface area contributed by atoms with Crippen LogP contribution in [0.4, 0.5) is 0 Å². The predicted octanol–water partition coefficient (Wildman–Crippen LogP) is 1.99. The van der Waals surface area contributed by atoms with Crippen LogP contribution in [0.5, 0.6) is 0 Å². The van der Waals surface area contributed by atoms with Crippen molar-refractivity contribution in [3.63, 3.8) is 0 Å². The Morgan fingerprint density at radius 2 is 1.58 bits per heavy atom. The molecule has 0 aromatic rings. The number of hydrogen-bond acceptors (Lipinski definition) is 3. The van der Waals surface area contributed by atoms with Gasteiger partial charge in [-0.15, -0.1) is 0 Å². The van der Waals surface area contributed by atoms with Crippen LogP contribution < -0.4 is 0 Å². The van der Waals surface area contributed by atoms with Gasteiger partial charge in [0.05, 0.1) is 18.0 Å². The Kier molecular flexibility index (Phi) is 2.63. The molecular weight excluding hydrogens is 172 g/mol. The summed E-state index contributed by atoms with van der Waals surface area (Å²) < 4.78 is 11.0. The molecule has 0 aromatic carbocycles. The Hall–Kier alpha value is 0.270. The van der Waals surface area contributed by atoms with Gasteiger partial charge < -0.3 is 9.47 Å². The third-order valence-corrected chi connectivity index (χ3v) is 3.44. The summed E-state index contributed by atoms with van der Waals surface area (Å²) in [7, 11) is 0. The summed E-state index contributed by atoms with van der Waals surface area (Å²) in [6.45, 7) is 1.49. The molecule has 0 atom stereocenters. The molecule has 3 heteroatoms. The van der Waals surface area contributed by atoms with E-state index in [-0.39, 0.29) is 11.0 Å². The summed E-state index contributed by atoms with van der Waals surface area (Å²) in [6.07, 6.45) is 6.12. The second-order valence-corrected chi connectivity index (χ2v) is 4.63. The van der Waals surface area contributed by atoms with Gasteiger partial charge in [-0.05, 0) is 12.8 Å². The highest BCUT2D eigenvalue weighted by Crippen LogP contribution is 2.39. The zero-order valence-electron chi connectivity index (χ0n) is 7.29. The van der Waals surface area contributed by atoms with Gasteiger partial charge in [0.25, 0.3) is 0 Å². The van der Waals surface area contributed by atoms with Crippen molar-refractivity contribution >= 4 is 12.6 Å². The Labute approximate surface area is 79.0 Å². The van der Waals surface area contributed by atoms with Gasteiger partial charge in [0, 0.05) is 0 Å². The van der Waals surface area contributed by atoms with E-state index in [1.165, 1.54) is 19.3 Å². The van der Waals surface area contributed by atoms with Crippen molar-refractivity contribution < 1.29 is 9.47 Å². The predicted molar refractivity (Wildman–Crippen MR) is 50.5 cm³/mol. The summed E-state index contributed by atoms with van der Waals surface area (Å²) in [4.78, 5) is 0. The van der Waals surface area contributed by atoms with Crippen LogP contribution in [0.2, 0.25) is 0 Å². The van der Waals surface area contributed by atoms with E-state index in [4.69, 9.17) is 22.1 Å². The van der Waals surface area contributed by atoms with Crippen molar-refractivity contribution in [3.8, 4) is 0 Å². The first-order valence-electron chi connectivity index (χ1n) is 4.77. The van der Waals surface area contributed by atoms with E-state index >= 15 is 0 Å². The second kappa shape index (κ2) is 3.56. The molecule has 1 saturated carbocycles. The molecule has 70 valence electrons. The molecule has 1 heterocycles. The van der Waals surface area contributed by atoms with Gasteiger partial charge >= 0.3 is 0 Å². The number of ether oxygens (including phenoxy) is 2. The molecule has 2 rings (SSSR count). The molecule has 1 aliphatic carbocycles. The van der Waals surface area contributed by atoms with E-state index in [0.29, 0.717) is 0 Å². The SMILES string of the molecule is SC1(C2OCCO2)CCCCC1. The van der Waals surface area contributed by atoms with Gasteiger partial charge in [-0.1, -0.05) is 19.3 Å². The summed E-state index contributed by atoms with van der Waals surface area (Å²) in [6, 6.07) is 0. The summed E-state index contributed by atoms with van der Waals surface area (Å²) >= 11 is 4.70. The van der Waals surface area contributed by atoms with Crippen LogP contribution in [0, 0.1) is 0 Å². The standard InChI is InChI=1S/C9H16O2S/c12-9(4-2-1-3-5-9)8-10-6-7-11-8/h8,12H,1-7H2. The lowest BCUT2D eigenvalue weighted by atomic mass is 9.88. The van der Waals surface area contributed by atoms with E-state index < -0.39 is 0 Å². The van der Waals surface area contributed by atoms with Crippen molar-refractivity contribution in [2.24, 2.45) is 0 Å². The van der Waals surface area contributed by atoms with Crippen LogP contribution in [0.25, 0.3) is 0 Å². The van der Waals surface area contributed by atoms with Crippen molar-refractivity contribution in [2.75, 3.05) is 13.2 Å². The van der Waals surface area contributed by atoms with Crippen LogP contribution in [-0.4, -0.2) is 24.3 Å².